The molecule has 0 aliphatic carbocycles. The third-order valence-electron chi connectivity index (χ3n) is 4.21. The van der Waals surface area contributed by atoms with Crippen LogP contribution in [-0.2, 0) is 21.4 Å². The van der Waals surface area contributed by atoms with E-state index in [1.807, 2.05) is 19.9 Å². The highest BCUT2D eigenvalue weighted by molar-refractivity contribution is 5.92. The zero-order valence-corrected chi connectivity index (χ0v) is 17.4. The second-order valence-electron chi connectivity index (χ2n) is 6.67. The molecule has 30 heavy (non-hydrogen) atoms. The van der Waals surface area contributed by atoms with E-state index < -0.39 is 5.97 Å². The number of esters is 1. The first-order valence-electron chi connectivity index (χ1n) is 9.49. The van der Waals surface area contributed by atoms with E-state index in [4.69, 9.17) is 14.2 Å². The molecule has 2 aromatic heterocycles. The quantitative estimate of drug-likeness (QED) is 0.567. The van der Waals surface area contributed by atoms with Crippen LogP contribution in [0.4, 0.5) is 5.69 Å². The van der Waals surface area contributed by atoms with Crippen LogP contribution >= 0.6 is 0 Å². The van der Waals surface area contributed by atoms with Gasteiger partial charge in [-0.3, -0.25) is 4.79 Å². The van der Waals surface area contributed by atoms with Crippen molar-refractivity contribution in [2.75, 3.05) is 25.1 Å². The van der Waals surface area contributed by atoms with E-state index in [2.05, 4.69) is 15.4 Å². The lowest BCUT2D eigenvalue weighted by molar-refractivity contribution is -0.145. The maximum absolute atomic E-state index is 12.3. The number of rotatable bonds is 8. The van der Waals surface area contributed by atoms with Gasteiger partial charge in [0.2, 0.25) is 5.88 Å². The number of nitrogens with one attached hydrogen (secondary N) is 1. The molecule has 1 amide bonds. The molecular formula is C21H24N4O5. The van der Waals surface area contributed by atoms with Crippen LogP contribution in [0, 0.1) is 13.8 Å². The van der Waals surface area contributed by atoms with Crippen molar-refractivity contribution in [3.05, 3.63) is 41.6 Å². The van der Waals surface area contributed by atoms with Crippen LogP contribution in [-0.4, -0.2) is 46.5 Å². The molecule has 0 spiro atoms. The number of hydrogen-bond donors (Lipinski definition) is 1. The summed E-state index contributed by atoms with van der Waals surface area (Å²) in [5.74, 6) is -0.00861. The van der Waals surface area contributed by atoms with Crippen LogP contribution in [0.5, 0.6) is 11.6 Å². The van der Waals surface area contributed by atoms with Gasteiger partial charge in [-0.1, -0.05) is 6.07 Å². The number of pyridine rings is 1. The number of fused-ring (bicyclic) bond motifs is 1. The van der Waals surface area contributed by atoms with Crippen molar-refractivity contribution >= 4 is 28.6 Å². The van der Waals surface area contributed by atoms with Crippen LogP contribution in [0.15, 0.2) is 30.3 Å². The summed E-state index contributed by atoms with van der Waals surface area (Å²) in [6.07, 6.45) is 0. The van der Waals surface area contributed by atoms with Gasteiger partial charge in [0.15, 0.2) is 18.9 Å². The van der Waals surface area contributed by atoms with E-state index >= 15 is 0 Å². The fraction of sp³-hybridized carbons (Fsp3) is 0.333. The van der Waals surface area contributed by atoms with Crippen molar-refractivity contribution < 1.29 is 23.8 Å². The molecule has 1 aromatic carbocycles. The predicted octanol–water partition coefficient (Wildman–Crippen LogP) is 2.54. The van der Waals surface area contributed by atoms with Gasteiger partial charge in [0.25, 0.3) is 5.91 Å². The maximum atomic E-state index is 12.3. The Balaban J connectivity index is 1.61. The molecular weight excluding hydrogens is 388 g/mol. The third kappa shape index (κ3) is 5.05. The molecule has 0 bridgehead atoms. The van der Waals surface area contributed by atoms with Crippen molar-refractivity contribution in [3.8, 4) is 11.6 Å². The van der Waals surface area contributed by atoms with Crippen molar-refractivity contribution in [2.45, 2.75) is 20.8 Å². The van der Waals surface area contributed by atoms with E-state index in [0.717, 1.165) is 16.6 Å². The minimum Gasteiger partial charge on any atom is -0.482 e. The number of aryl methyl sites for hydroxylation is 3. The lowest BCUT2D eigenvalue weighted by Gasteiger charge is -2.09. The average molecular weight is 412 g/mol. The molecule has 0 saturated heterocycles. The molecule has 1 N–H and O–H groups in total. The van der Waals surface area contributed by atoms with Gasteiger partial charge in [0.05, 0.1) is 12.0 Å². The Morgan fingerprint density at radius 2 is 1.93 bits per heavy atom. The zero-order chi connectivity index (χ0) is 21.7. The number of hydrogen-bond acceptors (Lipinski definition) is 7. The minimum absolute atomic E-state index is 0.200. The first-order chi connectivity index (χ1) is 14.4. The van der Waals surface area contributed by atoms with Crippen LogP contribution in [0.25, 0.3) is 11.0 Å². The molecule has 0 fully saturated rings. The lowest BCUT2D eigenvalue weighted by Crippen LogP contribution is -2.20. The van der Waals surface area contributed by atoms with Crippen LogP contribution in [0.3, 0.4) is 0 Å². The molecule has 2 heterocycles. The number of ether oxygens (including phenoxy) is 3. The van der Waals surface area contributed by atoms with Gasteiger partial charge in [-0.05, 0) is 44.5 Å². The standard InChI is InChI=1S/C21H24N4O5/c1-5-28-18(27)12-29-16-8-6-7-15(10-16)23-17(26)11-30-21-19-13(2)9-14(3)22-20(19)25(4)24-21/h6-10H,5,11-12H2,1-4H3,(H,23,26). The number of amides is 1. The molecule has 0 atom stereocenters. The summed E-state index contributed by atoms with van der Waals surface area (Å²) in [7, 11) is 1.78. The van der Waals surface area contributed by atoms with E-state index in [1.54, 1.807) is 42.9 Å². The second kappa shape index (κ2) is 9.25. The Hall–Kier alpha value is -3.62. The summed E-state index contributed by atoms with van der Waals surface area (Å²) in [5, 5.41) is 7.85. The monoisotopic (exact) mass is 412 g/mol. The number of anilines is 1. The molecule has 0 aliphatic rings. The summed E-state index contributed by atoms with van der Waals surface area (Å²) in [6, 6.07) is 8.66. The van der Waals surface area contributed by atoms with Gasteiger partial charge < -0.3 is 19.5 Å². The Morgan fingerprint density at radius 1 is 1.13 bits per heavy atom. The molecule has 0 aliphatic heterocycles. The highest BCUT2D eigenvalue weighted by Gasteiger charge is 2.16. The SMILES string of the molecule is CCOC(=O)COc1cccc(NC(=O)COc2nn(C)c3nc(C)cc(C)c23)c1. The van der Waals surface area contributed by atoms with Crippen molar-refractivity contribution in [1.82, 2.24) is 14.8 Å². The van der Waals surface area contributed by atoms with Crippen molar-refractivity contribution in [2.24, 2.45) is 7.05 Å². The van der Waals surface area contributed by atoms with Gasteiger partial charge in [-0.2, -0.15) is 0 Å². The van der Waals surface area contributed by atoms with Crippen molar-refractivity contribution in [1.29, 1.82) is 0 Å². The number of nitrogens with zero attached hydrogens (tertiary/aromatic N) is 3. The molecule has 3 aromatic rings. The summed E-state index contributed by atoms with van der Waals surface area (Å²) in [6.45, 7) is 5.47. The Bertz CT molecular complexity index is 1080. The predicted molar refractivity (Wildman–Crippen MR) is 111 cm³/mol. The van der Waals surface area contributed by atoms with Gasteiger partial charge >= 0.3 is 5.97 Å². The number of carbonyl (C=O) groups is 2. The average Bonchev–Trinajstić information content (AvgIpc) is 3.01. The Morgan fingerprint density at radius 3 is 2.70 bits per heavy atom. The smallest absolute Gasteiger partial charge is 0.344 e. The summed E-state index contributed by atoms with van der Waals surface area (Å²) < 4.78 is 17.5. The van der Waals surface area contributed by atoms with E-state index in [0.29, 0.717) is 29.6 Å². The molecule has 9 nitrogen and oxygen atoms in total. The zero-order valence-electron chi connectivity index (χ0n) is 17.4. The lowest BCUT2D eigenvalue weighted by atomic mass is 10.2. The molecule has 0 unspecified atom stereocenters. The Kier molecular flexibility index (Phi) is 6.51. The normalized spacial score (nSPS) is 10.7. The van der Waals surface area contributed by atoms with Crippen LogP contribution in [0.1, 0.15) is 18.2 Å². The third-order valence-corrected chi connectivity index (χ3v) is 4.21. The van der Waals surface area contributed by atoms with E-state index in [-0.39, 0.29) is 19.1 Å². The van der Waals surface area contributed by atoms with Gasteiger partial charge in [0.1, 0.15) is 5.75 Å². The number of carbonyl (C=O) groups excluding carboxylic acids is 2. The van der Waals surface area contributed by atoms with E-state index in [9.17, 15) is 9.59 Å². The van der Waals surface area contributed by atoms with E-state index in [1.165, 1.54) is 0 Å². The molecule has 0 radical (unpaired) electrons. The van der Waals surface area contributed by atoms with Crippen LogP contribution in [0.2, 0.25) is 0 Å². The van der Waals surface area contributed by atoms with Crippen molar-refractivity contribution in [3.63, 3.8) is 0 Å². The minimum atomic E-state index is -0.456. The first kappa shape index (κ1) is 21.1. The van der Waals surface area contributed by atoms with Gasteiger partial charge in [-0.15, -0.1) is 5.10 Å². The van der Waals surface area contributed by atoms with Crippen LogP contribution < -0.4 is 14.8 Å². The molecule has 0 saturated carbocycles. The molecule has 3 rings (SSSR count). The molecule has 9 heteroatoms. The maximum Gasteiger partial charge on any atom is 0.344 e. The topological polar surface area (TPSA) is 105 Å². The number of aromatic nitrogens is 3. The Labute approximate surface area is 173 Å². The van der Waals surface area contributed by atoms with Gasteiger partial charge in [0, 0.05) is 24.5 Å². The summed E-state index contributed by atoms with van der Waals surface area (Å²) in [4.78, 5) is 28.2. The summed E-state index contributed by atoms with van der Waals surface area (Å²) in [5.41, 5.74) is 3.09. The highest BCUT2D eigenvalue weighted by Crippen LogP contribution is 2.27. The fourth-order valence-electron chi connectivity index (χ4n) is 2.99. The highest BCUT2D eigenvalue weighted by atomic mass is 16.6. The largest absolute Gasteiger partial charge is 0.482 e. The summed E-state index contributed by atoms with van der Waals surface area (Å²) >= 11 is 0. The van der Waals surface area contributed by atoms with Gasteiger partial charge in [-0.25, -0.2) is 14.5 Å². The first-order valence-corrected chi connectivity index (χ1v) is 9.49. The molecule has 158 valence electrons. The fourth-order valence-corrected chi connectivity index (χ4v) is 2.99. The second-order valence-corrected chi connectivity index (χ2v) is 6.67. The number of benzene rings is 1.